The number of aromatic nitrogens is 1. The van der Waals surface area contributed by atoms with Crippen molar-refractivity contribution in [3.8, 4) is 0 Å². The summed E-state index contributed by atoms with van der Waals surface area (Å²) in [5.74, 6) is 1.09. The van der Waals surface area contributed by atoms with Crippen molar-refractivity contribution < 1.29 is 4.74 Å². The molecule has 1 aromatic rings. The SMILES string of the molecule is CCC1CN(c2cc(CNC(C)C)cc(C)n2)CCO1. The molecule has 1 atom stereocenters. The fourth-order valence-corrected chi connectivity index (χ4v) is 2.48. The number of rotatable bonds is 5. The van der Waals surface area contributed by atoms with Crippen LogP contribution in [0, 0.1) is 6.92 Å². The van der Waals surface area contributed by atoms with Crippen LogP contribution < -0.4 is 10.2 Å². The summed E-state index contributed by atoms with van der Waals surface area (Å²) >= 11 is 0. The first-order valence-electron chi connectivity index (χ1n) is 7.66. The van der Waals surface area contributed by atoms with Gasteiger partial charge in [0.15, 0.2) is 0 Å². The summed E-state index contributed by atoms with van der Waals surface area (Å²) in [5, 5.41) is 3.47. The summed E-state index contributed by atoms with van der Waals surface area (Å²) in [7, 11) is 0. The van der Waals surface area contributed by atoms with Gasteiger partial charge in [0, 0.05) is 31.4 Å². The standard InChI is InChI=1S/C16H27N3O/c1-5-15-11-19(6-7-20-15)16-9-14(8-13(4)18-16)10-17-12(2)3/h8-9,12,15,17H,5-7,10-11H2,1-4H3. The Kier molecular flexibility index (Phi) is 5.38. The first kappa shape index (κ1) is 15.3. The topological polar surface area (TPSA) is 37.4 Å². The first-order valence-corrected chi connectivity index (χ1v) is 7.66. The number of ether oxygens (including phenoxy) is 1. The van der Waals surface area contributed by atoms with Crippen LogP contribution in [0.25, 0.3) is 0 Å². The Bertz CT molecular complexity index is 434. The highest BCUT2D eigenvalue weighted by molar-refractivity contribution is 5.43. The third-order valence-electron chi connectivity index (χ3n) is 3.63. The Morgan fingerprint density at radius 1 is 1.45 bits per heavy atom. The van der Waals surface area contributed by atoms with Crippen molar-refractivity contribution in [2.24, 2.45) is 0 Å². The van der Waals surface area contributed by atoms with Crippen LogP contribution in [-0.4, -0.2) is 36.8 Å². The molecule has 112 valence electrons. The van der Waals surface area contributed by atoms with Crippen LogP contribution in [0.15, 0.2) is 12.1 Å². The number of anilines is 1. The predicted molar refractivity (Wildman–Crippen MR) is 83.2 cm³/mol. The Morgan fingerprint density at radius 2 is 2.25 bits per heavy atom. The number of aryl methyl sites for hydroxylation is 1. The van der Waals surface area contributed by atoms with E-state index < -0.39 is 0 Å². The molecule has 0 saturated carbocycles. The van der Waals surface area contributed by atoms with Crippen LogP contribution in [0.5, 0.6) is 0 Å². The Balaban J connectivity index is 2.10. The van der Waals surface area contributed by atoms with E-state index in [9.17, 15) is 0 Å². The van der Waals surface area contributed by atoms with E-state index in [1.807, 2.05) is 0 Å². The minimum atomic E-state index is 0.336. The van der Waals surface area contributed by atoms with Crippen LogP contribution in [0.2, 0.25) is 0 Å². The van der Waals surface area contributed by atoms with E-state index in [-0.39, 0.29) is 0 Å². The highest BCUT2D eigenvalue weighted by Gasteiger charge is 2.20. The summed E-state index contributed by atoms with van der Waals surface area (Å²) in [6, 6.07) is 4.87. The summed E-state index contributed by atoms with van der Waals surface area (Å²) in [6.07, 6.45) is 1.40. The van der Waals surface area contributed by atoms with Crippen molar-refractivity contribution in [2.75, 3.05) is 24.6 Å². The first-order chi connectivity index (χ1) is 9.58. The third-order valence-corrected chi connectivity index (χ3v) is 3.63. The molecule has 1 unspecified atom stereocenters. The van der Waals surface area contributed by atoms with Crippen molar-refractivity contribution in [1.82, 2.24) is 10.3 Å². The largest absolute Gasteiger partial charge is 0.375 e. The Labute approximate surface area is 122 Å². The molecule has 0 amide bonds. The second kappa shape index (κ2) is 7.04. The number of hydrogen-bond donors (Lipinski definition) is 1. The van der Waals surface area contributed by atoms with Gasteiger partial charge < -0.3 is 15.0 Å². The van der Waals surface area contributed by atoms with Crippen LogP contribution in [0.4, 0.5) is 5.82 Å². The lowest BCUT2D eigenvalue weighted by molar-refractivity contribution is 0.0381. The zero-order valence-corrected chi connectivity index (χ0v) is 13.1. The van der Waals surface area contributed by atoms with Crippen LogP contribution in [0.1, 0.15) is 38.4 Å². The molecule has 0 spiro atoms. The van der Waals surface area contributed by atoms with Gasteiger partial charge in [-0.05, 0) is 31.0 Å². The predicted octanol–water partition coefficient (Wildman–Crippen LogP) is 2.50. The number of pyridine rings is 1. The van der Waals surface area contributed by atoms with Gasteiger partial charge >= 0.3 is 0 Å². The molecule has 1 aromatic heterocycles. The molecule has 0 bridgehead atoms. The maximum absolute atomic E-state index is 5.74. The second-order valence-electron chi connectivity index (χ2n) is 5.86. The fourth-order valence-electron chi connectivity index (χ4n) is 2.48. The molecule has 0 aromatic carbocycles. The van der Waals surface area contributed by atoms with E-state index in [4.69, 9.17) is 9.72 Å². The zero-order chi connectivity index (χ0) is 14.5. The maximum atomic E-state index is 5.74. The van der Waals surface area contributed by atoms with Gasteiger partial charge in [0.1, 0.15) is 5.82 Å². The molecule has 4 heteroatoms. The van der Waals surface area contributed by atoms with Crippen molar-refractivity contribution in [3.63, 3.8) is 0 Å². The van der Waals surface area contributed by atoms with Gasteiger partial charge in [-0.2, -0.15) is 0 Å². The second-order valence-corrected chi connectivity index (χ2v) is 5.86. The molecule has 1 saturated heterocycles. The summed E-state index contributed by atoms with van der Waals surface area (Å²) in [6.45, 7) is 12.2. The lowest BCUT2D eigenvalue weighted by atomic mass is 10.2. The third kappa shape index (κ3) is 4.18. The lowest BCUT2D eigenvalue weighted by Gasteiger charge is -2.33. The van der Waals surface area contributed by atoms with Gasteiger partial charge in [-0.25, -0.2) is 4.98 Å². The highest BCUT2D eigenvalue weighted by atomic mass is 16.5. The van der Waals surface area contributed by atoms with E-state index in [2.05, 4.69) is 50.0 Å². The van der Waals surface area contributed by atoms with E-state index >= 15 is 0 Å². The molecule has 1 aliphatic rings. The normalized spacial score (nSPS) is 19.6. The smallest absolute Gasteiger partial charge is 0.129 e. The zero-order valence-electron chi connectivity index (χ0n) is 13.1. The summed E-state index contributed by atoms with van der Waals surface area (Å²) < 4.78 is 5.74. The van der Waals surface area contributed by atoms with Gasteiger partial charge in [-0.15, -0.1) is 0 Å². The molecular weight excluding hydrogens is 250 g/mol. The van der Waals surface area contributed by atoms with Crippen LogP contribution in [-0.2, 0) is 11.3 Å². The van der Waals surface area contributed by atoms with Gasteiger partial charge in [0.2, 0.25) is 0 Å². The summed E-state index contributed by atoms with van der Waals surface area (Å²) in [5.41, 5.74) is 2.39. The molecule has 1 aliphatic heterocycles. The van der Waals surface area contributed by atoms with Gasteiger partial charge in [0.05, 0.1) is 12.7 Å². The number of hydrogen-bond acceptors (Lipinski definition) is 4. The maximum Gasteiger partial charge on any atom is 0.129 e. The molecule has 4 nitrogen and oxygen atoms in total. The van der Waals surface area contributed by atoms with Gasteiger partial charge in [-0.3, -0.25) is 0 Å². The van der Waals surface area contributed by atoms with Crippen molar-refractivity contribution >= 4 is 5.82 Å². The lowest BCUT2D eigenvalue weighted by Crippen LogP contribution is -2.42. The molecule has 2 heterocycles. The van der Waals surface area contributed by atoms with Gasteiger partial charge in [0.25, 0.3) is 0 Å². The number of nitrogens with zero attached hydrogens (tertiary/aromatic N) is 2. The number of nitrogens with one attached hydrogen (secondary N) is 1. The fraction of sp³-hybridized carbons (Fsp3) is 0.688. The minimum absolute atomic E-state index is 0.336. The minimum Gasteiger partial charge on any atom is -0.375 e. The van der Waals surface area contributed by atoms with Gasteiger partial charge in [-0.1, -0.05) is 20.8 Å². The molecule has 0 radical (unpaired) electrons. The average Bonchev–Trinajstić information content (AvgIpc) is 2.44. The van der Waals surface area contributed by atoms with Crippen molar-refractivity contribution in [3.05, 3.63) is 23.4 Å². The van der Waals surface area contributed by atoms with Crippen molar-refractivity contribution in [1.29, 1.82) is 0 Å². The van der Waals surface area contributed by atoms with E-state index in [0.29, 0.717) is 12.1 Å². The van der Waals surface area contributed by atoms with E-state index in [1.165, 1.54) is 5.56 Å². The Morgan fingerprint density at radius 3 is 2.95 bits per heavy atom. The average molecular weight is 277 g/mol. The number of morpholine rings is 1. The van der Waals surface area contributed by atoms with E-state index in [0.717, 1.165) is 44.2 Å². The molecule has 20 heavy (non-hydrogen) atoms. The monoisotopic (exact) mass is 277 g/mol. The molecule has 1 N–H and O–H groups in total. The van der Waals surface area contributed by atoms with Crippen molar-refractivity contribution in [2.45, 2.75) is 52.8 Å². The quantitative estimate of drug-likeness (QED) is 0.897. The van der Waals surface area contributed by atoms with Crippen LogP contribution in [0.3, 0.4) is 0 Å². The molecular formula is C16H27N3O. The highest BCUT2D eigenvalue weighted by Crippen LogP contribution is 2.19. The molecule has 2 rings (SSSR count). The Hall–Kier alpha value is -1.13. The molecule has 1 fully saturated rings. The molecule has 0 aliphatic carbocycles. The van der Waals surface area contributed by atoms with Crippen LogP contribution >= 0.6 is 0 Å². The van der Waals surface area contributed by atoms with E-state index in [1.54, 1.807) is 0 Å². The summed E-state index contributed by atoms with van der Waals surface area (Å²) in [4.78, 5) is 7.05.